The number of aromatic nitrogens is 2. The fraction of sp³-hybridized carbons (Fsp3) is 0.565. The molecule has 3 rings (SSSR count). The Hall–Kier alpha value is -2.43. The number of hydrogen-bond acceptors (Lipinski definition) is 6. The molecule has 0 unspecified atom stereocenters. The number of ether oxygens (including phenoxy) is 1. The Balaban J connectivity index is 2.10. The molecule has 1 aromatic carbocycles. The van der Waals surface area contributed by atoms with E-state index in [9.17, 15) is 18.3 Å². The number of sulfonamides is 1. The van der Waals surface area contributed by atoms with E-state index in [1.165, 1.54) is 16.8 Å². The third-order valence-electron chi connectivity index (χ3n) is 6.24. The van der Waals surface area contributed by atoms with Crippen molar-refractivity contribution in [2.24, 2.45) is 12.5 Å². The van der Waals surface area contributed by atoms with Gasteiger partial charge in [-0.15, -0.1) is 0 Å². The monoisotopic (exact) mass is 478 g/mol. The molecule has 0 bridgehead atoms. The number of hydrogen-bond donors (Lipinski definition) is 3. The van der Waals surface area contributed by atoms with E-state index in [4.69, 9.17) is 4.74 Å². The first-order valence-corrected chi connectivity index (χ1v) is 12.5. The molecule has 1 fully saturated rings. The molecule has 33 heavy (non-hydrogen) atoms. The van der Waals surface area contributed by atoms with E-state index in [0.717, 1.165) is 5.56 Å². The predicted molar refractivity (Wildman–Crippen MR) is 126 cm³/mol. The first-order valence-electron chi connectivity index (χ1n) is 11.0. The molecule has 9 nitrogen and oxygen atoms in total. The van der Waals surface area contributed by atoms with Gasteiger partial charge in [0.1, 0.15) is 17.0 Å². The molecule has 2 aromatic rings. The fourth-order valence-corrected chi connectivity index (χ4v) is 4.62. The van der Waals surface area contributed by atoms with Crippen LogP contribution in [0.2, 0.25) is 0 Å². The lowest BCUT2D eigenvalue weighted by molar-refractivity contribution is -0.0703. The molecule has 0 aliphatic carbocycles. The second kappa shape index (κ2) is 9.08. The maximum Gasteiger partial charge on any atom is 0.271 e. The van der Waals surface area contributed by atoms with E-state index < -0.39 is 21.5 Å². The van der Waals surface area contributed by atoms with Gasteiger partial charge in [0.15, 0.2) is 5.69 Å². The normalized spacial score (nSPS) is 17.4. The Morgan fingerprint density at radius 2 is 1.79 bits per heavy atom. The Bertz CT molecular complexity index is 1110. The van der Waals surface area contributed by atoms with Crippen LogP contribution in [0.1, 0.15) is 62.3 Å². The van der Waals surface area contributed by atoms with Gasteiger partial charge >= 0.3 is 0 Å². The number of aryl methyl sites for hydroxylation is 2. The summed E-state index contributed by atoms with van der Waals surface area (Å²) in [4.78, 5) is 13.3. The highest BCUT2D eigenvalue weighted by atomic mass is 32.2. The summed E-state index contributed by atoms with van der Waals surface area (Å²) >= 11 is 0. The van der Waals surface area contributed by atoms with Crippen molar-refractivity contribution in [2.45, 2.75) is 64.0 Å². The molecule has 0 saturated carbocycles. The van der Waals surface area contributed by atoms with Crippen LogP contribution in [0.15, 0.2) is 29.2 Å². The predicted octanol–water partition coefficient (Wildman–Crippen LogP) is 2.69. The third kappa shape index (κ3) is 5.39. The maximum absolute atomic E-state index is 13.3. The molecule has 1 aliphatic rings. The summed E-state index contributed by atoms with van der Waals surface area (Å²) in [6.07, 6.45) is 0.478. The van der Waals surface area contributed by atoms with Crippen LogP contribution in [0.3, 0.4) is 0 Å². The SMILES string of the molecule is Cc1ccc(S(=O)(=O)Nc2c(C3(O)CCOCC3)nn(C)c2C(=O)N[C@@H](C)C(C)(C)C)cc1. The zero-order chi connectivity index (χ0) is 24.6. The van der Waals surface area contributed by atoms with Gasteiger partial charge in [-0.1, -0.05) is 38.5 Å². The van der Waals surface area contributed by atoms with Crippen LogP contribution in [0.5, 0.6) is 0 Å². The van der Waals surface area contributed by atoms with Crippen molar-refractivity contribution in [3.05, 3.63) is 41.2 Å². The van der Waals surface area contributed by atoms with Crippen molar-refractivity contribution in [2.75, 3.05) is 17.9 Å². The molecule has 1 atom stereocenters. The second-order valence-electron chi connectivity index (χ2n) is 9.82. The van der Waals surface area contributed by atoms with Crippen LogP contribution in [0.25, 0.3) is 0 Å². The molecule has 0 radical (unpaired) electrons. The number of amides is 1. The third-order valence-corrected chi connectivity index (χ3v) is 7.60. The number of nitrogens with zero attached hydrogens (tertiary/aromatic N) is 2. The number of nitrogens with one attached hydrogen (secondary N) is 2. The van der Waals surface area contributed by atoms with E-state index in [1.54, 1.807) is 19.2 Å². The Morgan fingerprint density at radius 3 is 2.33 bits per heavy atom. The summed E-state index contributed by atoms with van der Waals surface area (Å²) in [6.45, 7) is 10.4. The lowest BCUT2D eigenvalue weighted by atomic mass is 9.88. The quantitative estimate of drug-likeness (QED) is 0.587. The summed E-state index contributed by atoms with van der Waals surface area (Å²) in [6, 6.07) is 6.19. The van der Waals surface area contributed by atoms with Gasteiger partial charge in [0, 0.05) is 39.1 Å². The highest BCUT2D eigenvalue weighted by Gasteiger charge is 2.40. The number of carbonyl (C=O) groups excluding carboxylic acids is 1. The Morgan fingerprint density at radius 1 is 1.21 bits per heavy atom. The average Bonchev–Trinajstić information content (AvgIpc) is 3.04. The first kappa shape index (κ1) is 25.2. The summed E-state index contributed by atoms with van der Waals surface area (Å²) in [5.74, 6) is -0.476. The fourth-order valence-electron chi connectivity index (χ4n) is 3.54. The molecule has 10 heteroatoms. The largest absolute Gasteiger partial charge is 0.383 e. The van der Waals surface area contributed by atoms with Gasteiger partial charge in [-0.05, 0) is 31.4 Å². The van der Waals surface area contributed by atoms with Gasteiger partial charge in [0.05, 0.1) is 4.90 Å². The summed E-state index contributed by atoms with van der Waals surface area (Å²) in [5, 5.41) is 18.7. The first-order chi connectivity index (χ1) is 15.2. The highest BCUT2D eigenvalue weighted by molar-refractivity contribution is 7.92. The van der Waals surface area contributed by atoms with Gasteiger partial charge in [0.25, 0.3) is 15.9 Å². The van der Waals surface area contributed by atoms with Crippen molar-refractivity contribution < 1.29 is 23.1 Å². The van der Waals surface area contributed by atoms with Gasteiger partial charge in [-0.2, -0.15) is 5.10 Å². The van der Waals surface area contributed by atoms with Gasteiger partial charge in [0.2, 0.25) is 0 Å². The van der Waals surface area contributed by atoms with Crippen LogP contribution in [-0.2, 0) is 27.4 Å². The number of rotatable bonds is 6. The molecule has 1 aromatic heterocycles. The standard InChI is InChI=1S/C23H34N4O5S/c1-15-7-9-17(10-8-15)33(30,31)26-18-19(21(28)24-16(2)22(3,4)5)27(6)25-20(18)23(29)11-13-32-14-12-23/h7-10,16,26,29H,11-14H2,1-6H3,(H,24,28)/t16-/m0/s1. The lowest BCUT2D eigenvalue weighted by Gasteiger charge is -2.31. The van der Waals surface area contributed by atoms with E-state index in [1.807, 2.05) is 34.6 Å². The minimum atomic E-state index is -4.04. The summed E-state index contributed by atoms with van der Waals surface area (Å²) < 4.78 is 35.7. The van der Waals surface area contributed by atoms with Crippen LogP contribution >= 0.6 is 0 Å². The molecule has 0 spiro atoms. The molecule has 1 amide bonds. The average molecular weight is 479 g/mol. The van der Waals surface area contributed by atoms with Crippen molar-refractivity contribution in [1.29, 1.82) is 0 Å². The Kier molecular flexibility index (Phi) is 6.93. The molecular formula is C23H34N4O5S. The van der Waals surface area contributed by atoms with Crippen LogP contribution in [-0.4, -0.2) is 48.5 Å². The zero-order valence-corrected chi connectivity index (χ0v) is 20.9. The van der Waals surface area contributed by atoms with Gasteiger partial charge in [-0.25, -0.2) is 8.42 Å². The van der Waals surface area contributed by atoms with E-state index in [0.29, 0.717) is 13.2 Å². The van der Waals surface area contributed by atoms with Crippen molar-refractivity contribution >= 4 is 21.6 Å². The van der Waals surface area contributed by atoms with Gasteiger partial charge in [-0.3, -0.25) is 14.2 Å². The number of aliphatic hydroxyl groups is 1. The molecule has 1 saturated heterocycles. The van der Waals surface area contributed by atoms with Crippen molar-refractivity contribution in [3.63, 3.8) is 0 Å². The minimum absolute atomic E-state index is 0.0129. The molecule has 1 aliphatic heterocycles. The minimum Gasteiger partial charge on any atom is -0.383 e. The van der Waals surface area contributed by atoms with Crippen LogP contribution < -0.4 is 10.0 Å². The zero-order valence-electron chi connectivity index (χ0n) is 20.1. The smallest absolute Gasteiger partial charge is 0.271 e. The highest BCUT2D eigenvalue weighted by Crippen LogP contribution is 2.38. The Labute approximate surface area is 195 Å². The second-order valence-corrected chi connectivity index (χ2v) is 11.5. The van der Waals surface area contributed by atoms with Gasteiger partial charge < -0.3 is 15.2 Å². The summed E-state index contributed by atoms with van der Waals surface area (Å²) in [7, 11) is -2.48. The maximum atomic E-state index is 13.3. The van der Waals surface area contributed by atoms with Crippen LogP contribution in [0.4, 0.5) is 5.69 Å². The number of benzene rings is 1. The summed E-state index contributed by atoms with van der Waals surface area (Å²) in [5.41, 5.74) is -0.563. The van der Waals surface area contributed by atoms with E-state index >= 15 is 0 Å². The molecule has 3 N–H and O–H groups in total. The van der Waals surface area contributed by atoms with Crippen molar-refractivity contribution in [1.82, 2.24) is 15.1 Å². The molecular weight excluding hydrogens is 444 g/mol. The molecule has 182 valence electrons. The number of anilines is 1. The van der Waals surface area contributed by atoms with E-state index in [-0.39, 0.29) is 46.3 Å². The molecule has 2 heterocycles. The van der Waals surface area contributed by atoms with Crippen LogP contribution in [0, 0.1) is 12.3 Å². The lowest BCUT2D eigenvalue weighted by Crippen LogP contribution is -2.42. The topological polar surface area (TPSA) is 123 Å². The number of carbonyl (C=O) groups is 1. The van der Waals surface area contributed by atoms with E-state index in [2.05, 4.69) is 15.1 Å². The van der Waals surface area contributed by atoms with Crippen molar-refractivity contribution in [3.8, 4) is 0 Å².